The Morgan fingerprint density at radius 2 is 1.81 bits per heavy atom. The molecule has 3 aromatic rings. The van der Waals surface area contributed by atoms with Gasteiger partial charge in [0.25, 0.3) is 0 Å². The van der Waals surface area contributed by atoms with Crippen molar-refractivity contribution < 1.29 is 26.0 Å². The number of hydrogen-bond donors (Lipinski definition) is 0. The van der Waals surface area contributed by atoms with E-state index in [1.54, 1.807) is 6.07 Å². The fourth-order valence-corrected chi connectivity index (χ4v) is 4.65. The van der Waals surface area contributed by atoms with Crippen molar-refractivity contribution in [2.45, 2.75) is 24.0 Å². The average molecular weight is 415 g/mol. The molecule has 2 heterocycles. The van der Waals surface area contributed by atoms with Gasteiger partial charge in [0.05, 0.1) is 23.0 Å². The molecule has 0 aliphatic rings. The van der Waals surface area contributed by atoms with Crippen molar-refractivity contribution in [3.8, 4) is 0 Å². The molecule has 0 N–H and O–H groups in total. The maximum absolute atomic E-state index is 13.0. The van der Waals surface area contributed by atoms with E-state index in [2.05, 4.69) is 0 Å². The predicted molar refractivity (Wildman–Crippen MR) is 95.8 cm³/mol. The molecule has 1 aromatic carbocycles. The van der Waals surface area contributed by atoms with Gasteiger partial charge in [-0.15, -0.1) is 11.3 Å². The van der Waals surface area contributed by atoms with Crippen molar-refractivity contribution in [1.82, 2.24) is 4.31 Å². The van der Waals surface area contributed by atoms with Gasteiger partial charge in [0.15, 0.2) is 0 Å². The Bertz CT molecular complexity index is 948. The minimum absolute atomic E-state index is 0.0746. The van der Waals surface area contributed by atoms with Crippen LogP contribution < -0.4 is 0 Å². The predicted octanol–water partition coefficient (Wildman–Crippen LogP) is 4.79. The molecule has 0 saturated carbocycles. The van der Waals surface area contributed by atoms with Crippen LogP contribution in [0.4, 0.5) is 13.2 Å². The van der Waals surface area contributed by atoms with E-state index < -0.39 is 21.8 Å². The van der Waals surface area contributed by atoms with Crippen LogP contribution in [0.2, 0.25) is 0 Å². The summed E-state index contributed by atoms with van der Waals surface area (Å²) in [5, 5.41) is 1.90. The highest BCUT2D eigenvalue weighted by atomic mass is 32.2. The first-order valence-electron chi connectivity index (χ1n) is 7.98. The number of benzene rings is 1. The number of hydrogen-bond acceptors (Lipinski definition) is 4. The zero-order valence-corrected chi connectivity index (χ0v) is 15.7. The first-order valence-corrected chi connectivity index (χ1v) is 10.3. The van der Waals surface area contributed by atoms with Crippen LogP contribution in [-0.2, 0) is 29.2 Å². The summed E-state index contributed by atoms with van der Waals surface area (Å²) in [6.07, 6.45) is -1.12. The van der Waals surface area contributed by atoms with Crippen molar-refractivity contribution in [2.24, 2.45) is 0 Å². The number of sulfonamides is 1. The average Bonchev–Trinajstić information content (AvgIpc) is 3.31. The second kappa shape index (κ2) is 7.87. The lowest BCUT2D eigenvalue weighted by atomic mass is 10.2. The molecule has 4 nitrogen and oxygen atoms in total. The summed E-state index contributed by atoms with van der Waals surface area (Å²) >= 11 is 1.52. The molecule has 2 aromatic heterocycles. The van der Waals surface area contributed by atoms with Gasteiger partial charge in [-0.1, -0.05) is 6.07 Å². The molecule has 0 aliphatic carbocycles. The molecule has 0 unspecified atom stereocenters. The third-order valence-corrected chi connectivity index (χ3v) is 6.74. The number of thiophene rings is 1. The van der Waals surface area contributed by atoms with Crippen LogP contribution in [-0.4, -0.2) is 19.3 Å². The van der Waals surface area contributed by atoms with Gasteiger partial charge >= 0.3 is 6.18 Å². The van der Waals surface area contributed by atoms with Crippen molar-refractivity contribution in [1.29, 1.82) is 0 Å². The maximum Gasteiger partial charge on any atom is 0.416 e. The zero-order valence-electron chi connectivity index (χ0n) is 14.0. The third-order valence-electron chi connectivity index (χ3n) is 3.95. The summed E-state index contributed by atoms with van der Waals surface area (Å²) in [5.41, 5.74) is -0.224. The Hall–Kier alpha value is -2.10. The fraction of sp³-hybridized carbons (Fsp3) is 0.222. The van der Waals surface area contributed by atoms with Gasteiger partial charge in [0, 0.05) is 23.5 Å². The van der Waals surface area contributed by atoms with E-state index in [9.17, 15) is 21.6 Å². The number of alkyl halides is 3. The number of furan rings is 1. The van der Waals surface area contributed by atoms with Gasteiger partial charge in [0.1, 0.15) is 0 Å². The lowest BCUT2D eigenvalue weighted by molar-refractivity contribution is -0.137. The van der Waals surface area contributed by atoms with E-state index in [0.29, 0.717) is 12.0 Å². The molecule has 0 spiro atoms. The Kier molecular flexibility index (Phi) is 5.73. The molecule has 0 amide bonds. The van der Waals surface area contributed by atoms with Crippen molar-refractivity contribution in [2.75, 3.05) is 6.54 Å². The van der Waals surface area contributed by atoms with Gasteiger partial charge in [-0.2, -0.15) is 17.5 Å². The van der Waals surface area contributed by atoms with Gasteiger partial charge in [-0.25, -0.2) is 8.42 Å². The van der Waals surface area contributed by atoms with E-state index in [-0.39, 0.29) is 18.0 Å². The molecule has 9 heteroatoms. The summed E-state index contributed by atoms with van der Waals surface area (Å²) in [7, 11) is -3.96. The standard InChI is InChI=1S/C18H16F3NO3S2/c19-18(20,21)15-3-5-17(6-4-15)27(23,24)22(12-14-8-10-25-13-14)9-7-16-2-1-11-26-16/h1-6,8,10-11,13H,7,9,12H2. The molecule has 0 bridgehead atoms. The molecule has 0 radical (unpaired) electrons. The highest BCUT2D eigenvalue weighted by molar-refractivity contribution is 7.89. The van der Waals surface area contributed by atoms with Crippen LogP contribution in [0.15, 0.2) is 69.7 Å². The summed E-state index contributed by atoms with van der Waals surface area (Å²) < 4.78 is 70.4. The minimum atomic E-state index is -4.52. The first kappa shape index (κ1) is 19.7. The van der Waals surface area contributed by atoms with Gasteiger partial charge < -0.3 is 4.42 Å². The molecule has 27 heavy (non-hydrogen) atoms. The number of rotatable bonds is 7. The highest BCUT2D eigenvalue weighted by Crippen LogP contribution is 2.30. The van der Waals surface area contributed by atoms with Crippen LogP contribution in [0.25, 0.3) is 0 Å². The summed E-state index contributed by atoms with van der Waals surface area (Å²) in [6.45, 7) is 0.278. The van der Waals surface area contributed by atoms with Crippen LogP contribution in [0.5, 0.6) is 0 Å². The topological polar surface area (TPSA) is 50.5 Å². The Morgan fingerprint density at radius 1 is 1.07 bits per heavy atom. The number of halogens is 3. The molecule has 0 aliphatic heterocycles. The summed E-state index contributed by atoms with van der Waals surface area (Å²) in [4.78, 5) is 0.847. The number of nitrogens with zero attached hydrogens (tertiary/aromatic N) is 1. The van der Waals surface area contributed by atoms with E-state index in [1.165, 1.54) is 28.2 Å². The summed E-state index contributed by atoms with van der Waals surface area (Å²) in [5.74, 6) is 0. The second-order valence-corrected chi connectivity index (χ2v) is 8.79. The zero-order chi connectivity index (χ0) is 19.5. The Morgan fingerprint density at radius 3 is 2.37 bits per heavy atom. The van der Waals surface area contributed by atoms with Gasteiger partial charge in [0.2, 0.25) is 10.0 Å². The molecule has 144 valence electrons. The maximum atomic E-state index is 13.0. The van der Waals surface area contributed by atoms with E-state index in [4.69, 9.17) is 4.42 Å². The molecular formula is C18H16F3NO3S2. The van der Waals surface area contributed by atoms with Crippen molar-refractivity contribution in [3.05, 3.63) is 76.4 Å². The Balaban J connectivity index is 1.86. The lowest BCUT2D eigenvalue weighted by Crippen LogP contribution is -2.32. The third kappa shape index (κ3) is 4.79. The van der Waals surface area contributed by atoms with E-state index >= 15 is 0 Å². The van der Waals surface area contributed by atoms with Crippen molar-refractivity contribution in [3.63, 3.8) is 0 Å². The molecule has 0 saturated heterocycles. The largest absolute Gasteiger partial charge is 0.472 e. The van der Waals surface area contributed by atoms with Gasteiger partial charge in [-0.05, 0) is 48.2 Å². The van der Waals surface area contributed by atoms with Crippen LogP contribution in [0, 0.1) is 0 Å². The van der Waals surface area contributed by atoms with Crippen LogP contribution in [0.1, 0.15) is 16.0 Å². The highest BCUT2D eigenvalue weighted by Gasteiger charge is 2.31. The molecule has 3 rings (SSSR count). The second-order valence-electron chi connectivity index (χ2n) is 5.82. The fourth-order valence-electron chi connectivity index (χ4n) is 2.53. The van der Waals surface area contributed by atoms with Crippen molar-refractivity contribution >= 4 is 21.4 Å². The minimum Gasteiger partial charge on any atom is -0.472 e. The van der Waals surface area contributed by atoms with Gasteiger partial charge in [-0.3, -0.25) is 0 Å². The van der Waals surface area contributed by atoms with Crippen LogP contribution >= 0.6 is 11.3 Å². The summed E-state index contributed by atoms with van der Waals surface area (Å²) in [6, 6.07) is 8.98. The monoisotopic (exact) mass is 415 g/mol. The quantitative estimate of drug-likeness (QED) is 0.557. The lowest BCUT2D eigenvalue weighted by Gasteiger charge is -2.22. The molecular weight excluding hydrogens is 399 g/mol. The SMILES string of the molecule is O=S(=O)(c1ccc(C(F)(F)F)cc1)N(CCc1cccs1)Cc1ccoc1. The van der Waals surface area contributed by atoms with Crippen LogP contribution in [0.3, 0.4) is 0 Å². The Labute approximate surface area is 158 Å². The van der Waals surface area contributed by atoms with E-state index in [1.807, 2.05) is 17.5 Å². The first-order chi connectivity index (χ1) is 12.8. The smallest absolute Gasteiger partial charge is 0.416 e. The normalized spacial score (nSPS) is 12.6. The molecule has 0 atom stereocenters. The molecule has 0 fully saturated rings. The van der Waals surface area contributed by atoms with E-state index in [0.717, 1.165) is 29.1 Å².